The Labute approximate surface area is 103 Å². The highest BCUT2D eigenvalue weighted by atomic mass is 14.5. The molecular weight excluding hydrogens is 206 g/mol. The molecule has 86 valence electrons. The van der Waals surface area contributed by atoms with E-state index >= 15 is 0 Å². The second-order valence-corrected chi connectivity index (χ2v) is 4.32. The Morgan fingerprint density at radius 2 is 1.65 bits per heavy atom. The third-order valence-corrected chi connectivity index (χ3v) is 2.87. The molecule has 0 amide bonds. The molecule has 0 spiro atoms. The van der Waals surface area contributed by atoms with Crippen molar-refractivity contribution in [1.29, 1.82) is 0 Å². The summed E-state index contributed by atoms with van der Waals surface area (Å²) < 4.78 is 0. The molecule has 1 heteroatoms. The van der Waals surface area contributed by atoms with E-state index in [1.165, 1.54) is 16.7 Å². The van der Waals surface area contributed by atoms with Gasteiger partial charge in [-0.15, -0.1) is 0 Å². The van der Waals surface area contributed by atoms with Crippen LogP contribution in [-0.4, -0.2) is 0 Å². The summed E-state index contributed by atoms with van der Waals surface area (Å²) in [5, 5.41) is 0. The molecule has 2 aromatic carbocycles. The first-order chi connectivity index (χ1) is 8.16. The van der Waals surface area contributed by atoms with Crippen LogP contribution in [0.3, 0.4) is 0 Å². The molecule has 0 aromatic heterocycles. The van der Waals surface area contributed by atoms with Crippen molar-refractivity contribution in [3.63, 3.8) is 0 Å². The van der Waals surface area contributed by atoms with E-state index in [2.05, 4.69) is 44.2 Å². The van der Waals surface area contributed by atoms with Crippen molar-refractivity contribution in [3.8, 4) is 0 Å². The lowest BCUT2D eigenvalue weighted by molar-refractivity contribution is 1.45. The number of hydrogen-bond acceptors (Lipinski definition) is 1. The molecule has 1 nitrogen and oxygen atoms in total. The van der Waals surface area contributed by atoms with Crippen molar-refractivity contribution in [1.82, 2.24) is 0 Å². The average Bonchev–Trinajstić information content (AvgIpc) is 2.33. The Kier molecular flexibility index (Phi) is 3.29. The largest absolute Gasteiger partial charge is 0.398 e. The SMILES string of the molecule is C/C(=C/c1ccccc1N)c1ccc(C)cc1. The number of hydrogen-bond donors (Lipinski definition) is 1. The van der Waals surface area contributed by atoms with Crippen molar-refractivity contribution >= 4 is 17.3 Å². The van der Waals surface area contributed by atoms with Crippen LogP contribution >= 0.6 is 0 Å². The van der Waals surface area contributed by atoms with E-state index < -0.39 is 0 Å². The lowest BCUT2D eigenvalue weighted by atomic mass is 10.0. The predicted molar refractivity (Wildman–Crippen MR) is 75.6 cm³/mol. The van der Waals surface area contributed by atoms with Crippen molar-refractivity contribution < 1.29 is 0 Å². The number of anilines is 1. The molecule has 0 saturated carbocycles. The number of rotatable bonds is 2. The number of aryl methyl sites for hydroxylation is 1. The molecule has 0 saturated heterocycles. The van der Waals surface area contributed by atoms with Crippen LogP contribution in [0, 0.1) is 6.92 Å². The van der Waals surface area contributed by atoms with Crippen LogP contribution in [0.4, 0.5) is 5.69 Å². The van der Waals surface area contributed by atoms with Crippen LogP contribution in [0.1, 0.15) is 23.6 Å². The molecule has 0 aliphatic carbocycles. The highest BCUT2D eigenvalue weighted by Crippen LogP contribution is 2.21. The van der Waals surface area contributed by atoms with E-state index in [9.17, 15) is 0 Å². The van der Waals surface area contributed by atoms with Gasteiger partial charge in [-0.2, -0.15) is 0 Å². The van der Waals surface area contributed by atoms with Crippen LogP contribution in [-0.2, 0) is 0 Å². The molecule has 0 atom stereocenters. The summed E-state index contributed by atoms with van der Waals surface area (Å²) in [6, 6.07) is 16.4. The van der Waals surface area contributed by atoms with Gasteiger partial charge in [-0.3, -0.25) is 0 Å². The van der Waals surface area contributed by atoms with E-state index in [4.69, 9.17) is 5.73 Å². The fourth-order valence-corrected chi connectivity index (χ4v) is 1.78. The summed E-state index contributed by atoms with van der Waals surface area (Å²) in [4.78, 5) is 0. The van der Waals surface area contributed by atoms with Gasteiger partial charge in [-0.1, -0.05) is 48.0 Å². The van der Waals surface area contributed by atoms with Gasteiger partial charge in [-0.05, 0) is 42.7 Å². The Hall–Kier alpha value is -2.02. The van der Waals surface area contributed by atoms with E-state index in [-0.39, 0.29) is 0 Å². The van der Waals surface area contributed by atoms with Crippen LogP contribution in [0.25, 0.3) is 11.6 Å². The third-order valence-electron chi connectivity index (χ3n) is 2.87. The minimum atomic E-state index is 0.818. The normalized spacial score (nSPS) is 11.5. The van der Waals surface area contributed by atoms with Crippen LogP contribution in [0.5, 0.6) is 0 Å². The Morgan fingerprint density at radius 3 is 2.29 bits per heavy atom. The van der Waals surface area contributed by atoms with Crippen molar-refractivity contribution in [2.45, 2.75) is 13.8 Å². The van der Waals surface area contributed by atoms with Crippen molar-refractivity contribution in [2.75, 3.05) is 5.73 Å². The summed E-state index contributed by atoms with van der Waals surface area (Å²) in [6.07, 6.45) is 2.12. The third kappa shape index (κ3) is 2.76. The summed E-state index contributed by atoms with van der Waals surface area (Å²) in [5.41, 5.74) is 11.6. The number of nitrogen functional groups attached to an aromatic ring is 1. The van der Waals surface area contributed by atoms with Gasteiger partial charge in [-0.25, -0.2) is 0 Å². The zero-order chi connectivity index (χ0) is 12.3. The molecule has 0 unspecified atom stereocenters. The standard InChI is InChI=1S/C16H17N/c1-12-7-9-14(10-8-12)13(2)11-15-5-3-4-6-16(15)17/h3-11H,17H2,1-2H3/b13-11-. The van der Waals surface area contributed by atoms with Crippen LogP contribution < -0.4 is 5.73 Å². The lowest BCUT2D eigenvalue weighted by Gasteiger charge is -2.04. The number of allylic oxidation sites excluding steroid dienone is 1. The molecule has 0 radical (unpaired) electrons. The molecule has 2 N–H and O–H groups in total. The van der Waals surface area contributed by atoms with E-state index in [0.29, 0.717) is 0 Å². The summed E-state index contributed by atoms with van der Waals surface area (Å²) in [7, 11) is 0. The first-order valence-corrected chi connectivity index (χ1v) is 5.76. The van der Waals surface area contributed by atoms with Gasteiger partial charge < -0.3 is 5.73 Å². The minimum Gasteiger partial charge on any atom is -0.398 e. The molecule has 0 fully saturated rings. The Bertz CT molecular complexity index is 536. The maximum atomic E-state index is 5.93. The second kappa shape index (κ2) is 4.88. The van der Waals surface area contributed by atoms with Gasteiger partial charge in [0.25, 0.3) is 0 Å². The molecule has 2 rings (SSSR count). The fraction of sp³-hybridized carbons (Fsp3) is 0.125. The van der Waals surface area contributed by atoms with Gasteiger partial charge in [0.1, 0.15) is 0 Å². The van der Waals surface area contributed by atoms with Gasteiger partial charge in [0, 0.05) is 5.69 Å². The lowest BCUT2D eigenvalue weighted by Crippen LogP contribution is -1.88. The van der Waals surface area contributed by atoms with E-state index in [1.807, 2.05) is 24.3 Å². The average molecular weight is 223 g/mol. The topological polar surface area (TPSA) is 26.0 Å². The van der Waals surface area contributed by atoms with Crippen LogP contribution in [0.15, 0.2) is 48.5 Å². The molecule has 0 bridgehead atoms. The summed E-state index contributed by atoms with van der Waals surface area (Å²) in [6.45, 7) is 4.20. The predicted octanol–water partition coefficient (Wildman–Crippen LogP) is 4.14. The fourth-order valence-electron chi connectivity index (χ4n) is 1.78. The summed E-state index contributed by atoms with van der Waals surface area (Å²) in [5.74, 6) is 0. The highest BCUT2D eigenvalue weighted by Gasteiger charge is 1.98. The van der Waals surface area contributed by atoms with Gasteiger partial charge in [0.2, 0.25) is 0 Å². The maximum Gasteiger partial charge on any atom is 0.0387 e. The van der Waals surface area contributed by atoms with Gasteiger partial charge >= 0.3 is 0 Å². The summed E-state index contributed by atoms with van der Waals surface area (Å²) >= 11 is 0. The van der Waals surface area contributed by atoms with E-state index in [0.717, 1.165) is 11.3 Å². The first-order valence-electron chi connectivity index (χ1n) is 5.76. The zero-order valence-electron chi connectivity index (χ0n) is 10.3. The van der Waals surface area contributed by atoms with E-state index in [1.54, 1.807) is 0 Å². The first kappa shape index (κ1) is 11.5. The molecule has 17 heavy (non-hydrogen) atoms. The molecule has 0 aliphatic heterocycles. The monoisotopic (exact) mass is 223 g/mol. The second-order valence-electron chi connectivity index (χ2n) is 4.32. The minimum absolute atomic E-state index is 0.818. The number of nitrogens with two attached hydrogens (primary N) is 1. The van der Waals surface area contributed by atoms with Crippen LogP contribution in [0.2, 0.25) is 0 Å². The molecule has 2 aromatic rings. The quantitative estimate of drug-likeness (QED) is 0.601. The number of benzene rings is 2. The zero-order valence-corrected chi connectivity index (χ0v) is 10.3. The Balaban J connectivity index is 2.34. The molecule has 0 heterocycles. The van der Waals surface area contributed by atoms with Crippen molar-refractivity contribution in [2.24, 2.45) is 0 Å². The highest BCUT2D eigenvalue weighted by molar-refractivity contribution is 5.83. The van der Waals surface area contributed by atoms with Gasteiger partial charge in [0.15, 0.2) is 0 Å². The maximum absolute atomic E-state index is 5.93. The molecule has 0 aliphatic rings. The van der Waals surface area contributed by atoms with Gasteiger partial charge in [0.05, 0.1) is 0 Å². The smallest absolute Gasteiger partial charge is 0.0387 e. The molecular formula is C16H17N. The number of para-hydroxylation sites is 1. The van der Waals surface area contributed by atoms with Crippen molar-refractivity contribution in [3.05, 3.63) is 65.2 Å². The Morgan fingerprint density at radius 1 is 1.00 bits per heavy atom.